The van der Waals surface area contributed by atoms with Gasteiger partial charge in [-0.05, 0) is 24.5 Å². The first kappa shape index (κ1) is 14.2. The van der Waals surface area contributed by atoms with E-state index >= 15 is 0 Å². The summed E-state index contributed by atoms with van der Waals surface area (Å²) >= 11 is 5.73. The maximum absolute atomic E-state index is 14.2. The van der Waals surface area contributed by atoms with E-state index in [9.17, 15) is 8.78 Å². The predicted octanol–water partition coefficient (Wildman–Crippen LogP) is 3.36. The molecule has 1 saturated carbocycles. The number of hydrogen-bond acceptors (Lipinski definition) is 2. The van der Waals surface area contributed by atoms with E-state index < -0.39 is 11.6 Å². The van der Waals surface area contributed by atoms with Crippen LogP contribution in [0.1, 0.15) is 30.9 Å². The van der Waals surface area contributed by atoms with Gasteiger partial charge in [0.05, 0.1) is 0 Å². The molecule has 2 fully saturated rings. The minimum Gasteiger partial charge on any atom is -0.314 e. The third-order valence-electron chi connectivity index (χ3n) is 4.22. The monoisotopic (exact) mass is 300 g/mol. The van der Waals surface area contributed by atoms with Gasteiger partial charge in [0.25, 0.3) is 0 Å². The fourth-order valence-corrected chi connectivity index (χ4v) is 3.18. The molecular formula is C15H19ClF2N2. The standard InChI is InChI=1S/C15H19ClF2N2/c16-11-8-12(17)15(13(18)9-11)14(7-10-1-2-10)20-5-3-19-4-6-20/h8-10,14,19H,1-7H2/t14-/m1/s1. The van der Waals surface area contributed by atoms with Crippen molar-refractivity contribution in [1.82, 2.24) is 10.2 Å². The number of hydrogen-bond donors (Lipinski definition) is 1. The average Bonchev–Trinajstić information content (AvgIpc) is 3.21. The first-order valence-corrected chi connectivity index (χ1v) is 7.62. The SMILES string of the molecule is Fc1cc(Cl)cc(F)c1[C@@H](CC1CC1)N1CCNCC1. The molecule has 3 rings (SSSR count). The van der Waals surface area contributed by atoms with Crippen LogP contribution in [0.25, 0.3) is 0 Å². The molecule has 1 N–H and O–H groups in total. The van der Waals surface area contributed by atoms with E-state index in [1.807, 2.05) is 0 Å². The summed E-state index contributed by atoms with van der Waals surface area (Å²) in [6.07, 6.45) is 3.20. The quantitative estimate of drug-likeness (QED) is 0.917. The van der Waals surface area contributed by atoms with Crippen LogP contribution in [0, 0.1) is 17.6 Å². The molecule has 0 spiro atoms. The summed E-state index contributed by atoms with van der Waals surface area (Å²) in [5.74, 6) is -0.414. The Hall–Kier alpha value is -0.710. The van der Waals surface area contributed by atoms with Gasteiger partial charge in [-0.1, -0.05) is 24.4 Å². The zero-order valence-electron chi connectivity index (χ0n) is 11.3. The number of benzene rings is 1. The van der Waals surface area contributed by atoms with Gasteiger partial charge in [0.2, 0.25) is 0 Å². The number of piperazine rings is 1. The van der Waals surface area contributed by atoms with Crippen LogP contribution in [0.2, 0.25) is 5.02 Å². The molecule has 20 heavy (non-hydrogen) atoms. The Kier molecular flexibility index (Phi) is 4.24. The lowest BCUT2D eigenvalue weighted by Gasteiger charge is -2.35. The molecule has 0 amide bonds. The lowest BCUT2D eigenvalue weighted by molar-refractivity contribution is 0.154. The van der Waals surface area contributed by atoms with Gasteiger partial charge in [-0.3, -0.25) is 4.90 Å². The molecule has 1 heterocycles. The zero-order valence-corrected chi connectivity index (χ0v) is 12.1. The molecule has 1 aromatic rings. The van der Waals surface area contributed by atoms with Crippen LogP contribution in [0.15, 0.2) is 12.1 Å². The molecule has 1 atom stereocenters. The van der Waals surface area contributed by atoms with Crippen LogP contribution < -0.4 is 5.32 Å². The van der Waals surface area contributed by atoms with Crippen molar-refractivity contribution in [1.29, 1.82) is 0 Å². The van der Waals surface area contributed by atoms with Gasteiger partial charge in [0, 0.05) is 42.8 Å². The summed E-state index contributed by atoms with van der Waals surface area (Å²) in [5.41, 5.74) is 0.197. The van der Waals surface area contributed by atoms with Crippen LogP contribution in [-0.4, -0.2) is 31.1 Å². The van der Waals surface area contributed by atoms with E-state index in [0.717, 1.165) is 32.6 Å². The summed E-state index contributed by atoms with van der Waals surface area (Å²) in [5, 5.41) is 3.40. The summed E-state index contributed by atoms with van der Waals surface area (Å²) in [6, 6.07) is 2.28. The highest BCUT2D eigenvalue weighted by Crippen LogP contribution is 2.41. The summed E-state index contributed by atoms with van der Waals surface area (Å²) in [6.45, 7) is 3.41. The van der Waals surface area contributed by atoms with E-state index in [1.54, 1.807) is 0 Å². The van der Waals surface area contributed by atoms with E-state index in [2.05, 4.69) is 10.2 Å². The van der Waals surface area contributed by atoms with Crippen LogP contribution in [0.5, 0.6) is 0 Å². The van der Waals surface area contributed by atoms with Gasteiger partial charge in [0.15, 0.2) is 0 Å². The van der Waals surface area contributed by atoms with E-state index in [4.69, 9.17) is 11.6 Å². The van der Waals surface area contributed by atoms with Gasteiger partial charge in [0.1, 0.15) is 11.6 Å². The van der Waals surface area contributed by atoms with E-state index in [1.165, 1.54) is 25.0 Å². The largest absolute Gasteiger partial charge is 0.314 e. The Morgan fingerprint density at radius 2 is 1.80 bits per heavy atom. The van der Waals surface area contributed by atoms with Crippen LogP contribution in [0.3, 0.4) is 0 Å². The van der Waals surface area contributed by atoms with Crippen LogP contribution >= 0.6 is 11.6 Å². The first-order valence-electron chi connectivity index (χ1n) is 7.24. The van der Waals surface area contributed by atoms with Crippen molar-refractivity contribution in [3.05, 3.63) is 34.4 Å². The third kappa shape index (κ3) is 3.13. The summed E-state index contributed by atoms with van der Waals surface area (Å²) < 4.78 is 28.4. The molecule has 1 aliphatic heterocycles. The lowest BCUT2D eigenvalue weighted by atomic mass is 9.97. The van der Waals surface area contributed by atoms with Crippen molar-refractivity contribution in [2.75, 3.05) is 26.2 Å². The highest BCUT2D eigenvalue weighted by molar-refractivity contribution is 6.30. The fraction of sp³-hybridized carbons (Fsp3) is 0.600. The van der Waals surface area contributed by atoms with Gasteiger partial charge in [-0.15, -0.1) is 0 Å². The first-order chi connectivity index (χ1) is 9.65. The fourth-order valence-electron chi connectivity index (χ4n) is 2.98. The topological polar surface area (TPSA) is 15.3 Å². The maximum Gasteiger partial charge on any atom is 0.132 e. The highest BCUT2D eigenvalue weighted by Gasteiger charge is 2.33. The molecule has 0 unspecified atom stereocenters. The van der Waals surface area contributed by atoms with E-state index in [-0.39, 0.29) is 16.6 Å². The maximum atomic E-state index is 14.2. The number of halogens is 3. The highest BCUT2D eigenvalue weighted by atomic mass is 35.5. The molecule has 0 bridgehead atoms. The molecule has 1 aromatic carbocycles. The Balaban J connectivity index is 1.91. The van der Waals surface area contributed by atoms with Gasteiger partial charge >= 0.3 is 0 Å². The van der Waals surface area contributed by atoms with Crippen molar-refractivity contribution in [2.45, 2.75) is 25.3 Å². The van der Waals surface area contributed by atoms with Crippen molar-refractivity contribution in [3.8, 4) is 0 Å². The molecule has 110 valence electrons. The number of nitrogens with zero attached hydrogens (tertiary/aromatic N) is 1. The Morgan fingerprint density at radius 1 is 1.20 bits per heavy atom. The Bertz CT molecular complexity index is 462. The van der Waals surface area contributed by atoms with E-state index in [0.29, 0.717) is 5.92 Å². The Morgan fingerprint density at radius 3 is 2.35 bits per heavy atom. The second kappa shape index (κ2) is 5.96. The second-order valence-electron chi connectivity index (χ2n) is 5.76. The molecule has 2 aliphatic rings. The smallest absolute Gasteiger partial charge is 0.132 e. The number of nitrogens with one attached hydrogen (secondary N) is 1. The average molecular weight is 301 g/mol. The normalized spacial score (nSPS) is 21.9. The molecule has 0 radical (unpaired) electrons. The van der Waals surface area contributed by atoms with Gasteiger partial charge < -0.3 is 5.32 Å². The molecule has 1 saturated heterocycles. The minimum atomic E-state index is -0.515. The lowest BCUT2D eigenvalue weighted by Crippen LogP contribution is -2.45. The second-order valence-corrected chi connectivity index (χ2v) is 6.20. The van der Waals surface area contributed by atoms with Crippen molar-refractivity contribution in [2.24, 2.45) is 5.92 Å². The van der Waals surface area contributed by atoms with Crippen molar-refractivity contribution in [3.63, 3.8) is 0 Å². The molecule has 2 nitrogen and oxygen atoms in total. The Labute approximate surface area is 123 Å². The minimum absolute atomic E-state index is 0.120. The van der Waals surface area contributed by atoms with Crippen LogP contribution in [-0.2, 0) is 0 Å². The third-order valence-corrected chi connectivity index (χ3v) is 4.44. The van der Waals surface area contributed by atoms with Gasteiger partial charge in [-0.25, -0.2) is 8.78 Å². The predicted molar refractivity (Wildman–Crippen MR) is 75.9 cm³/mol. The summed E-state index contributed by atoms with van der Waals surface area (Å²) in [4.78, 5) is 2.20. The zero-order chi connectivity index (χ0) is 14.1. The molecular weight excluding hydrogens is 282 g/mol. The van der Waals surface area contributed by atoms with Gasteiger partial charge in [-0.2, -0.15) is 0 Å². The summed E-state index contributed by atoms with van der Waals surface area (Å²) in [7, 11) is 0. The van der Waals surface area contributed by atoms with Crippen LogP contribution in [0.4, 0.5) is 8.78 Å². The molecule has 1 aliphatic carbocycles. The van der Waals surface area contributed by atoms with Crippen molar-refractivity contribution >= 4 is 11.6 Å². The van der Waals surface area contributed by atoms with Crippen molar-refractivity contribution < 1.29 is 8.78 Å². The number of rotatable bonds is 4. The molecule has 0 aromatic heterocycles. The molecule has 5 heteroatoms.